The average Bonchev–Trinajstić information content (AvgIpc) is 2.85. The molecule has 1 saturated heterocycles. The molecule has 0 spiro atoms. The highest BCUT2D eigenvalue weighted by atomic mass is 16.2. The topological polar surface area (TPSA) is 46.3 Å². The number of rotatable bonds is 2. The Balaban J connectivity index is 1.59. The number of carbonyl (C=O) groups excluding carboxylic acids is 1. The summed E-state index contributed by atoms with van der Waals surface area (Å²) in [5, 5.41) is 0. The Hall–Kier alpha value is -0.570. The highest BCUT2D eigenvalue weighted by Gasteiger charge is 2.40. The number of piperidine rings is 1. The first-order valence-corrected chi connectivity index (χ1v) is 6.75. The predicted octanol–water partition coefficient (Wildman–Crippen LogP) is 1.37. The molecule has 3 aliphatic rings. The van der Waals surface area contributed by atoms with E-state index in [2.05, 4.69) is 0 Å². The predicted molar refractivity (Wildman–Crippen MR) is 62.7 cm³/mol. The molecule has 2 saturated carbocycles. The van der Waals surface area contributed by atoms with Crippen molar-refractivity contribution in [1.82, 2.24) is 4.90 Å². The van der Waals surface area contributed by atoms with E-state index in [4.69, 9.17) is 5.73 Å². The third-order valence-electron chi connectivity index (χ3n) is 4.88. The standard InChI is InChI=1S/C13H22N2O/c14-12-3-4-13(16)15(8-12)7-11-6-9-1-2-10(11)5-9/h9-12H,1-8,14H2. The van der Waals surface area contributed by atoms with Gasteiger partial charge in [-0.3, -0.25) is 4.79 Å². The zero-order valence-corrected chi connectivity index (χ0v) is 9.90. The third kappa shape index (κ3) is 1.86. The lowest BCUT2D eigenvalue weighted by Gasteiger charge is -2.34. The minimum atomic E-state index is 0.219. The molecule has 1 heterocycles. The van der Waals surface area contributed by atoms with Crippen LogP contribution < -0.4 is 5.73 Å². The van der Waals surface area contributed by atoms with Gasteiger partial charge in [-0.25, -0.2) is 0 Å². The molecule has 16 heavy (non-hydrogen) atoms. The number of hydrogen-bond acceptors (Lipinski definition) is 2. The van der Waals surface area contributed by atoms with Crippen LogP contribution in [0, 0.1) is 17.8 Å². The van der Waals surface area contributed by atoms with Gasteiger partial charge in [0.15, 0.2) is 0 Å². The van der Waals surface area contributed by atoms with Crippen LogP contribution >= 0.6 is 0 Å². The van der Waals surface area contributed by atoms with E-state index in [1.165, 1.54) is 25.7 Å². The molecule has 3 heteroatoms. The van der Waals surface area contributed by atoms with E-state index in [1.54, 1.807) is 0 Å². The fraction of sp³-hybridized carbons (Fsp3) is 0.923. The molecule has 4 unspecified atom stereocenters. The first-order valence-electron chi connectivity index (χ1n) is 6.75. The zero-order chi connectivity index (χ0) is 11.1. The molecule has 0 aromatic carbocycles. The van der Waals surface area contributed by atoms with Crippen molar-refractivity contribution < 1.29 is 4.79 Å². The summed E-state index contributed by atoms with van der Waals surface area (Å²) >= 11 is 0. The van der Waals surface area contributed by atoms with Crippen LogP contribution in [0.3, 0.4) is 0 Å². The van der Waals surface area contributed by atoms with Crippen molar-refractivity contribution in [1.29, 1.82) is 0 Å². The molecule has 1 aliphatic heterocycles. The number of hydrogen-bond donors (Lipinski definition) is 1. The van der Waals surface area contributed by atoms with Gasteiger partial charge in [0.1, 0.15) is 0 Å². The van der Waals surface area contributed by atoms with Crippen LogP contribution in [0.2, 0.25) is 0 Å². The van der Waals surface area contributed by atoms with Crippen molar-refractivity contribution in [3.8, 4) is 0 Å². The molecule has 4 atom stereocenters. The first-order chi connectivity index (χ1) is 7.72. The number of amides is 1. The molecule has 0 aromatic heterocycles. The molecule has 90 valence electrons. The summed E-state index contributed by atoms with van der Waals surface area (Å²) in [7, 11) is 0. The van der Waals surface area contributed by atoms with Crippen LogP contribution in [0.15, 0.2) is 0 Å². The summed E-state index contributed by atoms with van der Waals surface area (Å²) < 4.78 is 0. The monoisotopic (exact) mass is 222 g/mol. The third-order valence-corrected chi connectivity index (χ3v) is 4.88. The maximum absolute atomic E-state index is 11.8. The Bertz CT molecular complexity index is 292. The molecule has 2 N–H and O–H groups in total. The molecular weight excluding hydrogens is 200 g/mol. The highest BCUT2D eigenvalue weighted by molar-refractivity contribution is 5.77. The number of fused-ring (bicyclic) bond motifs is 2. The Morgan fingerprint density at radius 1 is 1.25 bits per heavy atom. The van der Waals surface area contributed by atoms with Gasteiger partial charge < -0.3 is 10.6 Å². The quantitative estimate of drug-likeness (QED) is 0.767. The fourth-order valence-corrected chi connectivity index (χ4v) is 4.00. The Morgan fingerprint density at radius 2 is 2.12 bits per heavy atom. The van der Waals surface area contributed by atoms with E-state index in [9.17, 15) is 4.79 Å². The van der Waals surface area contributed by atoms with Gasteiger partial charge in [-0.15, -0.1) is 0 Å². The largest absolute Gasteiger partial charge is 0.341 e. The van der Waals surface area contributed by atoms with Gasteiger partial charge >= 0.3 is 0 Å². The molecule has 3 nitrogen and oxygen atoms in total. The fourth-order valence-electron chi connectivity index (χ4n) is 4.00. The van der Waals surface area contributed by atoms with Crippen molar-refractivity contribution in [3.05, 3.63) is 0 Å². The second-order valence-corrected chi connectivity index (χ2v) is 6.03. The summed E-state index contributed by atoms with van der Waals surface area (Å²) in [5.74, 6) is 3.01. The minimum absolute atomic E-state index is 0.219. The second kappa shape index (κ2) is 4.02. The van der Waals surface area contributed by atoms with Crippen molar-refractivity contribution >= 4 is 5.91 Å². The van der Waals surface area contributed by atoms with Crippen LogP contribution in [-0.4, -0.2) is 29.9 Å². The van der Waals surface area contributed by atoms with Gasteiger partial charge in [0.05, 0.1) is 0 Å². The number of carbonyl (C=O) groups is 1. The molecule has 2 bridgehead atoms. The summed E-state index contributed by atoms with van der Waals surface area (Å²) in [5.41, 5.74) is 5.94. The lowest BCUT2D eigenvalue weighted by molar-refractivity contribution is -0.134. The Kier molecular flexibility index (Phi) is 2.66. The normalized spacial score (nSPS) is 43.1. The van der Waals surface area contributed by atoms with E-state index in [1.807, 2.05) is 4.90 Å². The van der Waals surface area contributed by atoms with Gasteiger partial charge in [0.2, 0.25) is 5.91 Å². The SMILES string of the molecule is NC1CCC(=O)N(CC2CC3CCC2C3)C1. The van der Waals surface area contributed by atoms with E-state index in [0.29, 0.717) is 12.3 Å². The van der Waals surface area contributed by atoms with E-state index >= 15 is 0 Å². The molecule has 1 amide bonds. The van der Waals surface area contributed by atoms with Crippen LogP contribution in [0.4, 0.5) is 0 Å². The van der Waals surface area contributed by atoms with E-state index in [0.717, 1.165) is 37.3 Å². The highest BCUT2D eigenvalue weighted by Crippen LogP contribution is 2.48. The second-order valence-electron chi connectivity index (χ2n) is 6.03. The van der Waals surface area contributed by atoms with Crippen LogP contribution in [0.1, 0.15) is 38.5 Å². The van der Waals surface area contributed by atoms with Gasteiger partial charge in [0.25, 0.3) is 0 Å². The minimum Gasteiger partial charge on any atom is -0.341 e. The van der Waals surface area contributed by atoms with Crippen molar-refractivity contribution in [2.24, 2.45) is 23.5 Å². The summed E-state index contributed by atoms with van der Waals surface area (Å²) in [6, 6.07) is 0.219. The summed E-state index contributed by atoms with van der Waals surface area (Å²) in [6.45, 7) is 1.79. The maximum atomic E-state index is 11.8. The lowest BCUT2D eigenvalue weighted by atomic mass is 9.88. The van der Waals surface area contributed by atoms with Crippen molar-refractivity contribution in [3.63, 3.8) is 0 Å². The van der Waals surface area contributed by atoms with E-state index in [-0.39, 0.29) is 6.04 Å². The average molecular weight is 222 g/mol. The summed E-state index contributed by atoms with van der Waals surface area (Å²) in [4.78, 5) is 13.8. The van der Waals surface area contributed by atoms with Gasteiger partial charge in [-0.05, 0) is 43.4 Å². The summed E-state index contributed by atoms with van der Waals surface area (Å²) in [6.07, 6.45) is 7.19. The lowest BCUT2D eigenvalue weighted by Crippen LogP contribution is -2.48. The van der Waals surface area contributed by atoms with E-state index < -0.39 is 0 Å². The number of nitrogens with two attached hydrogens (primary N) is 1. The molecule has 0 aromatic rings. The van der Waals surface area contributed by atoms with Gasteiger partial charge in [-0.2, -0.15) is 0 Å². The first kappa shape index (κ1) is 10.6. The Labute approximate surface area is 97.4 Å². The molecule has 0 radical (unpaired) electrons. The van der Waals surface area contributed by atoms with Crippen LogP contribution in [0.5, 0.6) is 0 Å². The van der Waals surface area contributed by atoms with Crippen molar-refractivity contribution in [2.45, 2.75) is 44.6 Å². The van der Waals surface area contributed by atoms with Crippen LogP contribution in [0.25, 0.3) is 0 Å². The van der Waals surface area contributed by atoms with Gasteiger partial charge in [0, 0.05) is 25.6 Å². The smallest absolute Gasteiger partial charge is 0.222 e. The molecule has 2 aliphatic carbocycles. The Morgan fingerprint density at radius 3 is 2.81 bits per heavy atom. The number of nitrogens with zero attached hydrogens (tertiary/aromatic N) is 1. The van der Waals surface area contributed by atoms with Crippen LogP contribution in [-0.2, 0) is 4.79 Å². The molecular formula is C13H22N2O. The zero-order valence-electron chi connectivity index (χ0n) is 9.90. The molecule has 3 fully saturated rings. The van der Waals surface area contributed by atoms with Gasteiger partial charge in [-0.1, -0.05) is 6.42 Å². The molecule has 3 rings (SSSR count). The number of likely N-dealkylation sites (tertiary alicyclic amines) is 1. The van der Waals surface area contributed by atoms with Crippen molar-refractivity contribution in [2.75, 3.05) is 13.1 Å². The maximum Gasteiger partial charge on any atom is 0.222 e.